The molecule has 0 bridgehead atoms. The van der Waals surface area contributed by atoms with E-state index in [-0.39, 0.29) is 17.3 Å². The smallest absolute Gasteiger partial charge is 0.337 e. The number of amides is 1. The summed E-state index contributed by atoms with van der Waals surface area (Å²) in [6.07, 6.45) is 7.22. The number of nitrogens with two attached hydrogens (primary N) is 1. The van der Waals surface area contributed by atoms with Crippen LogP contribution in [0.5, 0.6) is 0 Å². The Balaban J connectivity index is 1.52. The topological polar surface area (TPSA) is 167 Å². The molecule has 1 aliphatic rings. The van der Waals surface area contributed by atoms with Gasteiger partial charge in [-0.15, -0.1) is 5.10 Å². The molecule has 0 radical (unpaired) electrons. The van der Waals surface area contributed by atoms with Crippen LogP contribution in [0.15, 0.2) is 34.0 Å². The first kappa shape index (κ1) is 24.0. The molecule has 0 atom stereocenters. The van der Waals surface area contributed by atoms with Gasteiger partial charge in [0.05, 0.1) is 24.6 Å². The molecule has 2 aromatic heterocycles. The number of hydrazone groups is 1. The summed E-state index contributed by atoms with van der Waals surface area (Å²) in [6, 6.07) is 6.97. The molecule has 0 spiro atoms. The lowest BCUT2D eigenvalue weighted by molar-refractivity contribution is 0.0600. The van der Waals surface area contributed by atoms with Gasteiger partial charge in [0.2, 0.25) is 11.6 Å². The summed E-state index contributed by atoms with van der Waals surface area (Å²) < 4.78 is 10.8. The predicted octanol–water partition coefficient (Wildman–Crippen LogP) is 1.55. The molecule has 184 valence electrons. The number of rotatable bonds is 8. The zero-order valence-corrected chi connectivity index (χ0v) is 19.5. The summed E-state index contributed by atoms with van der Waals surface area (Å²) in [7, 11) is 3.33. The number of carbonyl (C=O) groups is 2. The van der Waals surface area contributed by atoms with Crippen LogP contribution in [-0.2, 0) is 11.3 Å². The summed E-state index contributed by atoms with van der Waals surface area (Å²) in [5.41, 5.74) is 10.0. The van der Waals surface area contributed by atoms with E-state index in [1.807, 2.05) is 7.05 Å². The second kappa shape index (κ2) is 10.9. The van der Waals surface area contributed by atoms with Crippen LogP contribution in [0, 0.1) is 0 Å². The maximum absolute atomic E-state index is 13.0. The molecule has 1 fully saturated rings. The summed E-state index contributed by atoms with van der Waals surface area (Å²) in [5.74, 6) is -0.769. The Hall–Kier alpha value is -4.13. The summed E-state index contributed by atoms with van der Waals surface area (Å²) in [6.45, 7) is 0.394. The van der Waals surface area contributed by atoms with Gasteiger partial charge in [-0.2, -0.15) is 9.78 Å². The van der Waals surface area contributed by atoms with Crippen LogP contribution in [0.25, 0.3) is 5.82 Å². The third-order valence-electron chi connectivity index (χ3n) is 5.98. The first-order chi connectivity index (χ1) is 17.0. The highest BCUT2D eigenvalue weighted by atomic mass is 16.6. The SMILES string of the molecule is COC(=O)c1ccc(/C=N\NC(=O)c2nnn(-c3nonc3N)c2CN(C)C2CCCCC2)cc1. The van der Waals surface area contributed by atoms with Crippen molar-refractivity contribution in [1.29, 1.82) is 0 Å². The maximum atomic E-state index is 13.0. The molecule has 35 heavy (non-hydrogen) atoms. The van der Waals surface area contributed by atoms with Crippen molar-refractivity contribution in [3.8, 4) is 5.82 Å². The highest BCUT2D eigenvalue weighted by molar-refractivity contribution is 5.94. The number of aromatic nitrogens is 5. The van der Waals surface area contributed by atoms with Gasteiger partial charge in [-0.1, -0.05) is 36.6 Å². The second-order valence-corrected chi connectivity index (χ2v) is 8.29. The number of hydrogen-bond donors (Lipinski definition) is 2. The molecule has 1 aromatic carbocycles. The van der Waals surface area contributed by atoms with Gasteiger partial charge in [0, 0.05) is 12.6 Å². The monoisotopic (exact) mass is 481 g/mol. The zero-order valence-electron chi connectivity index (χ0n) is 19.5. The molecule has 3 aromatic rings. The molecule has 13 nitrogen and oxygen atoms in total. The molecule has 13 heteroatoms. The fraction of sp³-hybridized carbons (Fsp3) is 0.409. The van der Waals surface area contributed by atoms with Crippen molar-refractivity contribution in [2.75, 3.05) is 19.9 Å². The number of anilines is 1. The average molecular weight is 482 g/mol. The Kier molecular flexibility index (Phi) is 7.45. The fourth-order valence-electron chi connectivity index (χ4n) is 4.06. The van der Waals surface area contributed by atoms with Crippen LogP contribution in [0.1, 0.15) is 64.2 Å². The number of ether oxygens (including phenoxy) is 1. The second-order valence-electron chi connectivity index (χ2n) is 8.29. The van der Waals surface area contributed by atoms with Crippen LogP contribution in [-0.4, -0.2) is 68.5 Å². The Morgan fingerprint density at radius 3 is 2.66 bits per heavy atom. The Morgan fingerprint density at radius 1 is 1.26 bits per heavy atom. The van der Waals surface area contributed by atoms with Crippen LogP contribution < -0.4 is 11.2 Å². The van der Waals surface area contributed by atoms with E-state index in [0.717, 1.165) is 12.8 Å². The molecule has 1 aliphatic carbocycles. The molecular formula is C22H27N9O4. The molecule has 2 heterocycles. The summed E-state index contributed by atoms with van der Waals surface area (Å²) in [4.78, 5) is 26.7. The number of hydrogen-bond acceptors (Lipinski definition) is 11. The highest BCUT2D eigenvalue weighted by Crippen LogP contribution is 2.24. The van der Waals surface area contributed by atoms with Gasteiger partial charge in [-0.3, -0.25) is 9.69 Å². The third-order valence-corrected chi connectivity index (χ3v) is 5.98. The first-order valence-corrected chi connectivity index (χ1v) is 11.2. The van der Waals surface area contributed by atoms with E-state index < -0.39 is 11.9 Å². The predicted molar refractivity (Wildman–Crippen MR) is 125 cm³/mol. The minimum atomic E-state index is -0.541. The minimum Gasteiger partial charge on any atom is -0.465 e. The highest BCUT2D eigenvalue weighted by Gasteiger charge is 2.27. The number of esters is 1. The third kappa shape index (κ3) is 5.51. The molecule has 0 saturated heterocycles. The van der Waals surface area contributed by atoms with Gasteiger partial charge in [0.1, 0.15) is 0 Å². The van der Waals surface area contributed by atoms with Crippen LogP contribution in [0.2, 0.25) is 0 Å². The van der Waals surface area contributed by atoms with E-state index in [2.05, 4.69) is 40.8 Å². The van der Waals surface area contributed by atoms with E-state index in [4.69, 9.17) is 10.4 Å². The normalized spacial score (nSPS) is 14.5. The molecule has 4 rings (SSSR count). The molecular weight excluding hydrogens is 454 g/mol. The number of nitrogens with one attached hydrogen (secondary N) is 1. The quantitative estimate of drug-likeness (QED) is 0.274. The van der Waals surface area contributed by atoms with E-state index in [9.17, 15) is 9.59 Å². The van der Waals surface area contributed by atoms with Crippen LogP contribution >= 0.6 is 0 Å². The standard InChI is InChI=1S/C22H27N9O4/c1-30(16-6-4-3-5-7-16)13-17-18(25-29-31(17)20-19(23)27-35-28-20)21(32)26-24-12-14-8-10-15(11-9-14)22(33)34-2/h8-12,16H,3-7,13H2,1-2H3,(H2,23,27)(H,26,32)/b24-12-. The van der Waals surface area contributed by atoms with Crippen LogP contribution in [0.4, 0.5) is 5.82 Å². The molecule has 0 unspecified atom stereocenters. The van der Waals surface area contributed by atoms with Gasteiger partial charge >= 0.3 is 5.97 Å². The zero-order chi connectivity index (χ0) is 24.8. The van der Waals surface area contributed by atoms with Gasteiger partial charge in [-0.25, -0.2) is 14.8 Å². The number of benzene rings is 1. The summed E-state index contributed by atoms with van der Waals surface area (Å²) >= 11 is 0. The Morgan fingerprint density at radius 2 is 2.00 bits per heavy atom. The van der Waals surface area contributed by atoms with Crippen molar-refractivity contribution in [2.24, 2.45) is 5.10 Å². The Bertz CT molecular complexity index is 1200. The van der Waals surface area contributed by atoms with E-state index in [0.29, 0.717) is 29.4 Å². The first-order valence-electron chi connectivity index (χ1n) is 11.2. The van der Waals surface area contributed by atoms with Crippen LogP contribution in [0.3, 0.4) is 0 Å². The van der Waals surface area contributed by atoms with Gasteiger partial charge in [0.15, 0.2) is 5.69 Å². The van der Waals surface area contributed by atoms with Crippen molar-refractivity contribution in [1.82, 2.24) is 35.6 Å². The van der Waals surface area contributed by atoms with Crippen molar-refractivity contribution in [3.05, 3.63) is 46.8 Å². The molecule has 1 amide bonds. The lowest BCUT2D eigenvalue weighted by Gasteiger charge is -2.31. The minimum absolute atomic E-state index is 0.0387. The molecule has 0 aliphatic heterocycles. The summed E-state index contributed by atoms with van der Waals surface area (Å²) in [5, 5.41) is 19.6. The van der Waals surface area contributed by atoms with Gasteiger partial charge in [0.25, 0.3) is 5.91 Å². The number of carbonyl (C=O) groups excluding carboxylic acids is 2. The lowest BCUT2D eigenvalue weighted by atomic mass is 9.94. The van der Waals surface area contributed by atoms with E-state index in [1.54, 1.807) is 24.3 Å². The number of nitrogens with zero attached hydrogens (tertiary/aromatic N) is 7. The number of methoxy groups -OCH3 is 1. The maximum Gasteiger partial charge on any atom is 0.337 e. The Labute approximate surface area is 201 Å². The molecule has 1 saturated carbocycles. The largest absolute Gasteiger partial charge is 0.465 e. The van der Waals surface area contributed by atoms with E-state index >= 15 is 0 Å². The fourth-order valence-corrected chi connectivity index (χ4v) is 4.06. The van der Waals surface area contributed by atoms with Crippen molar-refractivity contribution < 1.29 is 19.0 Å². The van der Waals surface area contributed by atoms with Crippen molar-refractivity contribution >= 4 is 23.9 Å². The van der Waals surface area contributed by atoms with Gasteiger partial charge in [-0.05, 0) is 47.9 Å². The molecule has 3 N–H and O–H groups in total. The average Bonchev–Trinajstić information content (AvgIpc) is 3.50. The lowest BCUT2D eigenvalue weighted by Crippen LogP contribution is -2.34. The van der Waals surface area contributed by atoms with Gasteiger partial charge < -0.3 is 10.5 Å². The van der Waals surface area contributed by atoms with E-state index in [1.165, 1.54) is 37.3 Å². The van der Waals surface area contributed by atoms with Crippen molar-refractivity contribution in [2.45, 2.75) is 44.7 Å². The van der Waals surface area contributed by atoms with Crippen molar-refractivity contribution in [3.63, 3.8) is 0 Å². The number of nitrogen functional groups attached to an aromatic ring is 1.